The second-order valence-electron chi connectivity index (χ2n) is 6.61. The zero-order chi connectivity index (χ0) is 15.8. The summed E-state index contributed by atoms with van der Waals surface area (Å²) in [5.41, 5.74) is -0.668. The standard InChI is InChI=1S/C18H38O3/c1-2-3-4-5-6-7-8-9-10-11-12-13-14-18(15-19,16-20)17-21/h19-21H,2-17H2,1H3. The molecule has 0 bridgehead atoms. The number of aliphatic hydroxyl groups excluding tert-OH is 3. The lowest BCUT2D eigenvalue weighted by atomic mass is 9.85. The SMILES string of the molecule is CCCCCCCCCCCCCCC(CO)(CO)CO. The van der Waals surface area contributed by atoms with E-state index in [1.54, 1.807) is 0 Å². The molecule has 0 spiro atoms. The van der Waals surface area contributed by atoms with Gasteiger partial charge in [-0.25, -0.2) is 0 Å². The summed E-state index contributed by atoms with van der Waals surface area (Å²) in [7, 11) is 0. The molecule has 0 aromatic rings. The molecule has 0 aromatic heterocycles. The van der Waals surface area contributed by atoms with E-state index in [4.69, 9.17) is 0 Å². The first-order valence-corrected chi connectivity index (χ1v) is 9.07. The third-order valence-corrected chi connectivity index (χ3v) is 4.57. The molecule has 3 nitrogen and oxygen atoms in total. The second kappa shape index (κ2) is 14.8. The maximum atomic E-state index is 9.23. The molecule has 0 aromatic carbocycles. The molecule has 0 aliphatic heterocycles. The molecular weight excluding hydrogens is 264 g/mol. The first kappa shape index (κ1) is 20.9. The van der Waals surface area contributed by atoms with Crippen molar-refractivity contribution in [1.29, 1.82) is 0 Å². The molecule has 0 saturated carbocycles. The van der Waals surface area contributed by atoms with Crippen LogP contribution in [0.5, 0.6) is 0 Å². The third kappa shape index (κ3) is 11.1. The molecule has 0 amide bonds. The Morgan fingerprint density at radius 3 is 1.19 bits per heavy atom. The van der Waals surface area contributed by atoms with E-state index in [9.17, 15) is 15.3 Å². The lowest BCUT2D eigenvalue weighted by Crippen LogP contribution is -2.33. The predicted octanol–water partition coefficient (Wildman–Crippen LogP) is 4.04. The fourth-order valence-electron chi connectivity index (χ4n) is 2.73. The number of hydrogen-bond donors (Lipinski definition) is 3. The van der Waals surface area contributed by atoms with Crippen LogP contribution in [0.3, 0.4) is 0 Å². The van der Waals surface area contributed by atoms with Crippen molar-refractivity contribution in [2.24, 2.45) is 5.41 Å². The molecule has 0 saturated heterocycles. The van der Waals surface area contributed by atoms with Crippen molar-refractivity contribution in [3.05, 3.63) is 0 Å². The van der Waals surface area contributed by atoms with Crippen LogP contribution in [0.2, 0.25) is 0 Å². The summed E-state index contributed by atoms with van der Waals surface area (Å²) in [5.74, 6) is 0. The van der Waals surface area contributed by atoms with Crippen molar-refractivity contribution < 1.29 is 15.3 Å². The Morgan fingerprint density at radius 2 is 0.857 bits per heavy atom. The van der Waals surface area contributed by atoms with Crippen LogP contribution in [-0.4, -0.2) is 35.1 Å². The molecule has 0 radical (unpaired) electrons. The van der Waals surface area contributed by atoms with Crippen LogP contribution in [0.4, 0.5) is 0 Å². The molecule has 0 atom stereocenters. The molecule has 0 aliphatic rings. The highest BCUT2D eigenvalue weighted by Gasteiger charge is 2.26. The summed E-state index contributed by atoms with van der Waals surface area (Å²) >= 11 is 0. The molecule has 3 N–H and O–H groups in total. The van der Waals surface area contributed by atoms with Gasteiger partial charge in [-0.05, 0) is 6.42 Å². The summed E-state index contributed by atoms with van der Waals surface area (Å²) < 4.78 is 0. The molecule has 0 unspecified atom stereocenters. The smallest absolute Gasteiger partial charge is 0.0531 e. The molecule has 21 heavy (non-hydrogen) atoms. The van der Waals surface area contributed by atoms with Crippen LogP contribution < -0.4 is 0 Å². The average molecular weight is 302 g/mol. The van der Waals surface area contributed by atoms with Gasteiger partial charge in [0.05, 0.1) is 19.8 Å². The van der Waals surface area contributed by atoms with Gasteiger partial charge < -0.3 is 15.3 Å². The number of unbranched alkanes of at least 4 members (excludes halogenated alkanes) is 11. The van der Waals surface area contributed by atoms with Crippen molar-refractivity contribution in [2.75, 3.05) is 19.8 Å². The molecule has 0 rings (SSSR count). The predicted molar refractivity (Wildman–Crippen MR) is 89.4 cm³/mol. The van der Waals surface area contributed by atoms with Gasteiger partial charge in [0.25, 0.3) is 0 Å². The van der Waals surface area contributed by atoms with Crippen molar-refractivity contribution in [1.82, 2.24) is 0 Å². The Morgan fingerprint density at radius 1 is 0.524 bits per heavy atom. The van der Waals surface area contributed by atoms with Crippen molar-refractivity contribution in [3.8, 4) is 0 Å². The Labute approximate surface area is 131 Å². The van der Waals surface area contributed by atoms with Crippen LogP contribution in [0.25, 0.3) is 0 Å². The van der Waals surface area contributed by atoms with Gasteiger partial charge in [0, 0.05) is 5.41 Å². The quantitative estimate of drug-likeness (QED) is 0.377. The lowest BCUT2D eigenvalue weighted by Gasteiger charge is -2.27. The monoisotopic (exact) mass is 302 g/mol. The van der Waals surface area contributed by atoms with Crippen LogP contribution in [0.15, 0.2) is 0 Å². The number of aliphatic hydroxyl groups is 3. The molecule has 3 heteroatoms. The fraction of sp³-hybridized carbons (Fsp3) is 1.00. The number of hydrogen-bond acceptors (Lipinski definition) is 3. The van der Waals surface area contributed by atoms with Gasteiger partial charge in [-0.3, -0.25) is 0 Å². The Hall–Kier alpha value is -0.120. The van der Waals surface area contributed by atoms with E-state index in [-0.39, 0.29) is 19.8 Å². The molecule has 128 valence electrons. The van der Waals surface area contributed by atoms with Gasteiger partial charge >= 0.3 is 0 Å². The first-order chi connectivity index (χ1) is 10.2. The summed E-state index contributed by atoms with van der Waals surface area (Å²) in [6.07, 6.45) is 16.3. The van der Waals surface area contributed by atoms with E-state index in [1.807, 2.05) is 0 Å². The first-order valence-electron chi connectivity index (χ1n) is 9.07. The molecular formula is C18H38O3. The molecule has 0 fully saturated rings. The van der Waals surface area contributed by atoms with Gasteiger partial charge in [0.15, 0.2) is 0 Å². The van der Waals surface area contributed by atoms with E-state index in [0.29, 0.717) is 6.42 Å². The topological polar surface area (TPSA) is 60.7 Å². The summed E-state index contributed by atoms with van der Waals surface area (Å²) in [6.45, 7) is 1.87. The average Bonchev–Trinajstić information content (AvgIpc) is 2.53. The van der Waals surface area contributed by atoms with Crippen molar-refractivity contribution in [2.45, 2.75) is 90.4 Å². The van der Waals surface area contributed by atoms with Crippen LogP contribution in [-0.2, 0) is 0 Å². The highest BCUT2D eigenvalue weighted by atomic mass is 16.3. The van der Waals surface area contributed by atoms with Gasteiger partial charge in [-0.15, -0.1) is 0 Å². The minimum atomic E-state index is -0.668. The van der Waals surface area contributed by atoms with Crippen LogP contribution >= 0.6 is 0 Å². The highest BCUT2D eigenvalue weighted by molar-refractivity contribution is 4.76. The van der Waals surface area contributed by atoms with E-state index < -0.39 is 5.41 Å². The maximum Gasteiger partial charge on any atom is 0.0531 e. The molecule has 0 aliphatic carbocycles. The van der Waals surface area contributed by atoms with Gasteiger partial charge in [0.1, 0.15) is 0 Å². The summed E-state index contributed by atoms with van der Waals surface area (Å²) in [4.78, 5) is 0. The van der Waals surface area contributed by atoms with Crippen LogP contribution in [0.1, 0.15) is 90.4 Å². The third-order valence-electron chi connectivity index (χ3n) is 4.57. The van der Waals surface area contributed by atoms with Crippen LogP contribution in [0, 0.1) is 5.41 Å². The van der Waals surface area contributed by atoms with Crippen molar-refractivity contribution >= 4 is 0 Å². The lowest BCUT2D eigenvalue weighted by molar-refractivity contribution is -0.00229. The Kier molecular flexibility index (Phi) is 14.7. The maximum absolute atomic E-state index is 9.23. The van der Waals surface area contributed by atoms with E-state index >= 15 is 0 Å². The number of rotatable bonds is 16. The van der Waals surface area contributed by atoms with Gasteiger partial charge in [-0.1, -0.05) is 84.0 Å². The van der Waals surface area contributed by atoms with E-state index in [2.05, 4.69) is 6.92 Å². The highest BCUT2D eigenvalue weighted by Crippen LogP contribution is 2.24. The minimum Gasteiger partial charge on any atom is -0.396 e. The Balaban J connectivity index is 3.29. The zero-order valence-corrected chi connectivity index (χ0v) is 14.2. The second-order valence-corrected chi connectivity index (χ2v) is 6.61. The molecule has 0 heterocycles. The van der Waals surface area contributed by atoms with Crippen molar-refractivity contribution in [3.63, 3.8) is 0 Å². The Bertz CT molecular complexity index is 194. The van der Waals surface area contributed by atoms with Gasteiger partial charge in [0.2, 0.25) is 0 Å². The fourth-order valence-corrected chi connectivity index (χ4v) is 2.73. The minimum absolute atomic E-state index is 0.127. The van der Waals surface area contributed by atoms with Gasteiger partial charge in [-0.2, -0.15) is 0 Å². The normalized spacial score (nSPS) is 12.0. The zero-order valence-electron chi connectivity index (χ0n) is 14.2. The summed E-state index contributed by atoms with van der Waals surface area (Å²) in [5, 5.41) is 27.7. The van der Waals surface area contributed by atoms with E-state index in [0.717, 1.165) is 12.8 Å². The summed E-state index contributed by atoms with van der Waals surface area (Å²) in [6, 6.07) is 0. The van der Waals surface area contributed by atoms with E-state index in [1.165, 1.54) is 64.2 Å². The largest absolute Gasteiger partial charge is 0.396 e.